The Bertz CT molecular complexity index is 323. The van der Waals surface area contributed by atoms with Gasteiger partial charge >= 0.3 is 0 Å². The zero-order valence-corrected chi connectivity index (χ0v) is 11.0. The second-order valence-corrected chi connectivity index (χ2v) is 4.36. The van der Waals surface area contributed by atoms with Gasteiger partial charge in [-0.3, -0.25) is 0 Å². The van der Waals surface area contributed by atoms with Crippen LogP contribution in [0.5, 0.6) is 5.75 Å². The summed E-state index contributed by atoms with van der Waals surface area (Å²) < 4.78 is 18.7. The van der Waals surface area contributed by atoms with Crippen LogP contribution < -0.4 is 4.74 Å². The van der Waals surface area contributed by atoms with Crippen molar-refractivity contribution in [1.29, 1.82) is 0 Å². The summed E-state index contributed by atoms with van der Waals surface area (Å²) in [6.45, 7) is 4.58. The second-order valence-electron chi connectivity index (χ2n) is 4.36. The van der Waals surface area contributed by atoms with Gasteiger partial charge in [0.2, 0.25) is 0 Å². The SMILES string of the molecule is CCCCCCCc1ccc(OCC)c(F)c1. The Labute approximate surface area is 104 Å². The molecule has 1 rings (SSSR count). The predicted molar refractivity (Wildman–Crippen MR) is 70.0 cm³/mol. The number of benzene rings is 1. The Kier molecular flexibility index (Phi) is 6.68. The second kappa shape index (κ2) is 8.10. The van der Waals surface area contributed by atoms with Crippen LogP contribution in [0.25, 0.3) is 0 Å². The Balaban J connectivity index is 2.36. The van der Waals surface area contributed by atoms with Gasteiger partial charge in [0.05, 0.1) is 6.61 Å². The third-order valence-electron chi connectivity index (χ3n) is 2.87. The van der Waals surface area contributed by atoms with Crippen LogP contribution in [0.3, 0.4) is 0 Å². The maximum atomic E-state index is 13.5. The Morgan fingerprint density at radius 2 is 1.82 bits per heavy atom. The molecule has 0 saturated heterocycles. The first kappa shape index (κ1) is 14.0. The van der Waals surface area contributed by atoms with Crippen LogP contribution in [-0.4, -0.2) is 6.61 Å². The van der Waals surface area contributed by atoms with E-state index in [1.165, 1.54) is 25.7 Å². The van der Waals surface area contributed by atoms with Gasteiger partial charge in [0.15, 0.2) is 11.6 Å². The van der Waals surface area contributed by atoms with Crippen LogP contribution in [0.15, 0.2) is 18.2 Å². The minimum absolute atomic E-state index is 0.238. The molecule has 0 aliphatic heterocycles. The third kappa shape index (κ3) is 5.20. The number of hydrogen-bond acceptors (Lipinski definition) is 1. The summed E-state index contributed by atoms with van der Waals surface area (Å²) in [4.78, 5) is 0. The van der Waals surface area contributed by atoms with Crippen molar-refractivity contribution in [3.63, 3.8) is 0 Å². The van der Waals surface area contributed by atoms with E-state index in [-0.39, 0.29) is 5.82 Å². The van der Waals surface area contributed by atoms with Crippen molar-refractivity contribution >= 4 is 0 Å². The van der Waals surface area contributed by atoms with Crippen molar-refractivity contribution in [1.82, 2.24) is 0 Å². The van der Waals surface area contributed by atoms with Crippen LogP contribution >= 0.6 is 0 Å². The number of hydrogen-bond donors (Lipinski definition) is 0. The monoisotopic (exact) mass is 238 g/mol. The topological polar surface area (TPSA) is 9.23 Å². The molecule has 0 amide bonds. The van der Waals surface area contributed by atoms with E-state index in [2.05, 4.69) is 6.92 Å². The fourth-order valence-electron chi connectivity index (χ4n) is 1.91. The number of unbranched alkanes of at least 4 members (excludes halogenated alkanes) is 4. The molecule has 0 spiro atoms. The predicted octanol–water partition coefficient (Wildman–Crippen LogP) is 4.74. The first-order valence-corrected chi connectivity index (χ1v) is 6.69. The van der Waals surface area contributed by atoms with Crippen molar-refractivity contribution in [3.8, 4) is 5.75 Å². The molecular weight excluding hydrogens is 215 g/mol. The highest BCUT2D eigenvalue weighted by atomic mass is 19.1. The van der Waals surface area contributed by atoms with E-state index in [9.17, 15) is 4.39 Å². The minimum Gasteiger partial charge on any atom is -0.491 e. The molecule has 0 bridgehead atoms. The molecule has 1 aromatic carbocycles. The first-order valence-electron chi connectivity index (χ1n) is 6.69. The molecular formula is C15H23FO. The van der Waals surface area contributed by atoms with Gasteiger partial charge in [-0.05, 0) is 37.5 Å². The van der Waals surface area contributed by atoms with E-state index in [1.807, 2.05) is 13.0 Å². The molecule has 96 valence electrons. The van der Waals surface area contributed by atoms with Crippen molar-refractivity contribution in [3.05, 3.63) is 29.6 Å². The normalized spacial score (nSPS) is 10.5. The Hall–Kier alpha value is -1.05. The maximum absolute atomic E-state index is 13.5. The summed E-state index contributed by atoms with van der Waals surface area (Å²) in [5.41, 5.74) is 1.07. The number of rotatable bonds is 8. The summed E-state index contributed by atoms with van der Waals surface area (Å²) in [7, 11) is 0. The zero-order chi connectivity index (χ0) is 12.5. The molecule has 0 radical (unpaired) electrons. The molecule has 0 heterocycles. The van der Waals surface area contributed by atoms with Gasteiger partial charge in [-0.2, -0.15) is 0 Å². The van der Waals surface area contributed by atoms with E-state index in [1.54, 1.807) is 12.1 Å². The quantitative estimate of drug-likeness (QED) is 0.594. The molecule has 0 fully saturated rings. The van der Waals surface area contributed by atoms with Gasteiger partial charge < -0.3 is 4.74 Å². The van der Waals surface area contributed by atoms with E-state index in [0.717, 1.165) is 18.4 Å². The van der Waals surface area contributed by atoms with Gasteiger partial charge in [-0.15, -0.1) is 0 Å². The molecule has 0 aliphatic carbocycles. The highest BCUT2D eigenvalue weighted by Crippen LogP contribution is 2.19. The fourth-order valence-corrected chi connectivity index (χ4v) is 1.91. The molecule has 2 heteroatoms. The Morgan fingerprint density at radius 1 is 1.06 bits per heavy atom. The molecule has 0 aliphatic rings. The van der Waals surface area contributed by atoms with Crippen LogP contribution in [0.1, 0.15) is 51.5 Å². The largest absolute Gasteiger partial charge is 0.491 e. The van der Waals surface area contributed by atoms with Crippen LogP contribution in [-0.2, 0) is 6.42 Å². The van der Waals surface area contributed by atoms with Gasteiger partial charge in [0.1, 0.15) is 0 Å². The summed E-state index contributed by atoms with van der Waals surface area (Å²) in [5, 5.41) is 0. The van der Waals surface area contributed by atoms with Crippen molar-refractivity contribution in [2.24, 2.45) is 0 Å². The average molecular weight is 238 g/mol. The lowest BCUT2D eigenvalue weighted by Gasteiger charge is -2.06. The van der Waals surface area contributed by atoms with E-state index >= 15 is 0 Å². The smallest absolute Gasteiger partial charge is 0.165 e. The van der Waals surface area contributed by atoms with Crippen molar-refractivity contribution in [2.75, 3.05) is 6.61 Å². The number of aryl methyl sites for hydroxylation is 1. The molecule has 0 N–H and O–H groups in total. The van der Waals surface area contributed by atoms with Gasteiger partial charge in [-0.25, -0.2) is 4.39 Å². The van der Waals surface area contributed by atoms with Crippen LogP contribution in [0.4, 0.5) is 4.39 Å². The van der Waals surface area contributed by atoms with Crippen molar-refractivity contribution < 1.29 is 9.13 Å². The maximum Gasteiger partial charge on any atom is 0.165 e. The average Bonchev–Trinajstić information content (AvgIpc) is 2.32. The molecule has 17 heavy (non-hydrogen) atoms. The molecule has 1 aromatic rings. The molecule has 0 unspecified atom stereocenters. The summed E-state index contributed by atoms with van der Waals surface area (Å²) in [6.07, 6.45) is 7.20. The number of halogens is 1. The highest BCUT2D eigenvalue weighted by Gasteiger charge is 2.03. The number of ether oxygens (including phenoxy) is 1. The van der Waals surface area contributed by atoms with E-state index in [0.29, 0.717) is 12.4 Å². The van der Waals surface area contributed by atoms with E-state index in [4.69, 9.17) is 4.74 Å². The third-order valence-corrected chi connectivity index (χ3v) is 2.87. The molecule has 0 aromatic heterocycles. The lowest BCUT2D eigenvalue weighted by molar-refractivity contribution is 0.321. The summed E-state index contributed by atoms with van der Waals surface area (Å²) >= 11 is 0. The van der Waals surface area contributed by atoms with Crippen LogP contribution in [0, 0.1) is 5.82 Å². The first-order chi connectivity index (χ1) is 8.27. The van der Waals surface area contributed by atoms with Gasteiger partial charge in [0, 0.05) is 0 Å². The van der Waals surface area contributed by atoms with E-state index < -0.39 is 0 Å². The van der Waals surface area contributed by atoms with Gasteiger partial charge in [0.25, 0.3) is 0 Å². The summed E-state index contributed by atoms with van der Waals surface area (Å²) in [5.74, 6) is 0.125. The highest BCUT2D eigenvalue weighted by molar-refractivity contribution is 5.29. The lowest BCUT2D eigenvalue weighted by atomic mass is 10.1. The van der Waals surface area contributed by atoms with Gasteiger partial charge in [-0.1, -0.05) is 38.7 Å². The molecule has 0 saturated carbocycles. The minimum atomic E-state index is -0.238. The summed E-state index contributed by atoms with van der Waals surface area (Å²) in [6, 6.07) is 5.30. The van der Waals surface area contributed by atoms with Crippen LogP contribution in [0.2, 0.25) is 0 Å². The lowest BCUT2D eigenvalue weighted by Crippen LogP contribution is -1.96. The standard InChI is InChI=1S/C15H23FO/c1-3-5-6-7-8-9-13-10-11-15(17-4-2)14(16)12-13/h10-12H,3-9H2,1-2H3. The zero-order valence-electron chi connectivity index (χ0n) is 11.0. The van der Waals surface area contributed by atoms with Crippen molar-refractivity contribution in [2.45, 2.75) is 52.4 Å². The molecule has 1 nitrogen and oxygen atoms in total. The Morgan fingerprint density at radius 3 is 2.47 bits per heavy atom. The molecule has 0 atom stereocenters. The fraction of sp³-hybridized carbons (Fsp3) is 0.600.